The van der Waals surface area contributed by atoms with Crippen LogP contribution in [0.4, 0.5) is 0 Å². The molecule has 0 bridgehead atoms. The average molecular weight is 402 g/mol. The van der Waals surface area contributed by atoms with Crippen LogP contribution >= 0.6 is 0 Å². The van der Waals surface area contributed by atoms with Crippen molar-refractivity contribution < 1.29 is 9.26 Å². The minimum Gasteiger partial charge on any atom is -0.379 e. The zero-order valence-corrected chi connectivity index (χ0v) is 17.5. The molecule has 1 aliphatic rings. The standard InChI is InChI=1S/C20H31N7O2/c1-15(2)17(27-10-12-28-13-11-27)14-24-20(21-3)23-9-7-18-25-19(29-26-18)16-6-4-5-8-22-16/h4-6,8,15,17H,7,9-14H2,1-3H3,(H2,21,23,24). The molecule has 3 rings (SSSR count). The number of hydrogen-bond donors (Lipinski definition) is 2. The van der Waals surface area contributed by atoms with Crippen LogP contribution < -0.4 is 10.6 Å². The monoisotopic (exact) mass is 401 g/mol. The molecule has 158 valence electrons. The van der Waals surface area contributed by atoms with Gasteiger partial charge >= 0.3 is 0 Å². The lowest BCUT2D eigenvalue weighted by molar-refractivity contribution is 0.00752. The first-order chi connectivity index (χ1) is 14.2. The molecule has 1 saturated heterocycles. The van der Waals surface area contributed by atoms with E-state index in [1.165, 1.54) is 0 Å². The molecule has 2 aromatic rings. The van der Waals surface area contributed by atoms with Crippen molar-refractivity contribution in [1.29, 1.82) is 0 Å². The third-order valence-electron chi connectivity index (χ3n) is 4.98. The number of guanidine groups is 1. The van der Waals surface area contributed by atoms with Gasteiger partial charge in [0, 0.05) is 51.9 Å². The zero-order valence-electron chi connectivity index (χ0n) is 17.5. The Hall–Kier alpha value is -2.52. The van der Waals surface area contributed by atoms with Crippen molar-refractivity contribution in [2.75, 3.05) is 46.4 Å². The molecule has 1 atom stereocenters. The van der Waals surface area contributed by atoms with E-state index < -0.39 is 0 Å². The van der Waals surface area contributed by atoms with E-state index in [0.717, 1.165) is 38.8 Å². The summed E-state index contributed by atoms with van der Waals surface area (Å²) in [4.78, 5) is 15.4. The van der Waals surface area contributed by atoms with Gasteiger partial charge in [0.15, 0.2) is 11.8 Å². The van der Waals surface area contributed by atoms with Gasteiger partial charge in [0.1, 0.15) is 5.69 Å². The maximum Gasteiger partial charge on any atom is 0.276 e. The predicted octanol–water partition coefficient (Wildman–Crippen LogP) is 1.20. The molecule has 1 unspecified atom stereocenters. The topological polar surface area (TPSA) is 101 Å². The second-order valence-electron chi connectivity index (χ2n) is 7.32. The van der Waals surface area contributed by atoms with Gasteiger partial charge in [0.2, 0.25) is 0 Å². The van der Waals surface area contributed by atoms with E-state index >= 15 is 0 Å². The van der Waals surface area contributed by atoms with Crippen molar-refractivity contribution in [3.63, 3.8) is 0 Å². The molecule has 0 aliphatic carbocycles. The molecule has 1 fully saturated rings. The smallest absolute Gasteiger partial charge is 0.276 e. The summed E-state index contributed by atoms with van der Waals surface area (Å²) in [5.41, 5.74) is 0.680. The third kappa shape index (κ3) is 6.23. The number of pyridine rings is 1. The molecule has 1 aliphatic heterocycles. The number of aliphatic imine (C=N–C) groups is 1. The number of ether oxygens (including phenoxy) is 1. The summed E-state index contributed by atoms with van der Waals surface area (Å²) < 4.78 is 10.8. The van der Waals surface area contributed by atoms with Crippen LogP contribution in [0.3, 0.4) is 0 Å². The Morgan fingerprint density at radius 3 is 2.76 bits per heavy atom. The largest absolute Gasteiger partial charge is 0.379 e. The molecule has 0 saturated carbocycles. The molecule has 0 amide bonds. The number of aromatic nitrogens is 3. The first-order valence-electron chi connectivity index (χ1n) is 10.2. The number of nitrogens with zero attached hydrogens (tertiary/aromatic N) is 5. The Balaban J connectivity index is 1.45. The molecular weight excluding hydrogens is 370 g/mol. The van der Waals surface area contributed by atoms with Crippen molar-refractivity contribution >= 4 is 5.96 Å². The van der Waals surface area contributed by atoms with E-state index in [9.17, 15) is 0 Å². The van der Waals surface area contributed by atoms with Crippen molar-refractivity contribution in [3.8, 4) is 11.6 Å². The van der Waals surface area contributed by atoms with Crippen molar-refractivity contribution in [2.45, 2.75) is 26.3 Å². The van der Waals surface area contributed by atoms with Crippen molar-refractivity contribution in [3.05, 3.63) is 30.2 Å². The van der Waals surface area contributed by atoms with Crippen molar-refractivity contribution in [1.82, 2.24) is 30.7 Å². The molecule has 9 nitrogen and oxygen atoms in total. The zero-order chi connectivity index (χ0) is 20.5. The molecule has 29 heavy (non-hydrogen) atoms. The second-order valence-corrected chi connectivity index (χ2v) is 7.32. The van der Waals surface area contributed by atoms with Gasteiger partial charge in [-0.2, -0.15) is 4.98 Å². The van der Waals surface area contributed by atoms with Gasteiger partial charge < -0.3 is 19.9 Å². The van der Waals surface area contributed by atoms with Gasteiger partial charge in [0.25, 0.3) is 5.89 Å². The van der Waals surface area contributed by atoms with E-state index in [1.54, 1.807) is 13.2 Å². The van der Waals surface area contributed by atoms with Crippen molar-refractivity contribution in [2.24, 2.45) is 10.9 Å². The fraction of sp³-hybridized carbons (Fsp3) is 0.600. The molecule has 0 radical (unpaired) electrons. The summed E-state index contributed by atoms with van der Waals surface area (Å²) in [6, 6.07) is 6.04. The number of hydrogen-bond acceptors (Lipinski definition) is 7. The Morgan fingerprint density at radius 1 is 1.24 bits per heavy atom. The molecule has 9 heteroatoms. The highest BCUT2D eigenvalue weighted by Gasteiger charge is 2.23. The van der Waals surface area contributed by atoms with Gasteiger partial charge in [-0.1, -0.05) is 25.1 Å². The van der Waals surface area contributed by atoms with Crippen LogP contribution in [-0.4, -0.2) is 78.5 Å². The van der Waals surface area contributed by atoms with Gasteiger partial charge in [-0.3, -0.25) is 14.9 Å². The molecular formula is C20H31N7O2. The average Bonchev–Trinajstić information content (AvgIpc) is 3.23. The maximum atomic E-state index is 5.48. The summed E-state index contributed by atoms with van der Waals surface area (Å²) in [7, 11) is 1.78. The summed E-state index contributed by atoms with van der Waals surface area (Å²) >= 11 is 0. The van der Waals surface area contributed by atoms with Gasteiger partial charge in [-0.05, 0) is 18.1 Å². The first kappa shape index (κ1) is 21.2. The summed E-state index contributed by atoms with van der Waals surface area (Å²) in [5.74, 6) is 2.40. The van der Waals surface area contributed by atoms with E-state index in [0.29, 0.717) is 42.3 Å². The van der Waals surface area contributed by atoms with Crippen LogP contribution in [0.2, 0.25) is 0 Å². The number of morpholine rings is 1. The number of nitrogens with one attached hydrogen (secondary N) is 2. The minimum atomic E-state index is 0.438. The van der Waals surface area contributed by atoms with E-state index in [1.807, 2.05) is 18.2 Å². The minimum absolute atomic E-state index is 0.438. The van der Waals surface area contributed by atoms with Crippen LogP contribution in [-0.2, 0) is 11.2 Å². The molecule has 2 N–H and O–H groups in total. The Morgan fingerprint density at radius 2 is 2.07 bits per heavy atom. The van der Waals surface area contributed by atoms with Gasteiger partial charge in [0.05, 0.1) is 13.2 Å². The molecule has 3 heterocycles. The predicted molar refractivity (Wildman–Crippen MR) is 112 cm³/mol. The first-order valence-corrected chi connectivity index (χ1v) is 10.2. The normalized spacial score (nSPS) is 16.8. The lowest BCUT2D eigenvalue weighted by Crippen LogP contribution is -2.52. The third-order valence-corrected chi connectivity index (χ3v) is 4.98. The summed E-state index contributed by atoms with van der Waals surface area (Å²) in [5, 5.41) is 10.8. The summed E-state index contributed by atoms with van der Waals surface area (Å²) in [6.07, 6.45) is 2.34. The second kappa shape index (κ2) is 10.9. The van der Waals surface area contributed by atoms with Crippen LogP contribution in [0.5, 0.6) is 0 Å². The highest BCUT2D eigenvalue weighted by Crippen LogP contribution is 2.13. The van der Waals surface area contributed by atoms with E-state index in [2.05, 4.69) is 49.5 Å². The SMILES string of the molecule is CN=C(NCCc1noc(-c2ccccn2)n1)NCC(C(C)C)N1CCOCC1. The Kier molecular flexibility index (Phi) is 7.94. The van der Waals surface area contributed by atoms with E-state index in [4.69, 9.17) is 9.26 Å². The Bertz CT molecular complexity index is 757. The molecule has 0 aromatic carbocycles. The highest BCUT2D eigenvalue weighted by molar-refractivity contribution is 5.79. The van der Waals surface area contributed by atoms with Crippen LogP contribution in [0.25, 0.3) is 11.6 Å². The fourth-order valence-electron chi connectivity index (χ4n) is 3.36. The van der Waals surface area contributed by atoms with Crippen LogP contribution in [0, 0.1) is 5.92 Å². The quantitative estimate of drug-likeness (QED) is 0.503. The van der Waals surface area contributed by atoms with Crippen LogP contribution in [0.1, 0.15) is 19.7 Å². The lowest BCUT2D eigenvalue weighted by Gasteiger charge is -2.37. The Labute approximate surface area is 171 Å². The summed E-state index contributed by atoms with van der Waals surface area (Å²) in [6.45, 7) is 9.58. The van der Waals surface area contributed by atoms with Crippen LogP contribution in [0.15, 0.2) is 33.9 Å². The number of rotatable bonds is 8. The van der Waals surface area contributed by atoms with Gasteiger partial charge in [-0.25, -0.2) is 0 Å². The van der Waals surface area contributed by atoms with E-state index in [-0.39, 0.29) is 0 Å². The molecule has 2 aromatic heterocycles. The maximum absolute atomic E-state index is 5.48. The van der Waals surface area contributed by atoms with Gasteiger partial charge in [-0.15, -0.1) is 0 Å². The fourth-order valence-corrected chi connectivity index (χ4v) is 3.36. The molecule has 0 spiro atoms. The lowest BCUT2D eigenvalue weighted by atomic mass is 10.0. The highest BCUT2D eigenvalue weighted by atomic mass is 16.5.